The summed E-state index contributed by atoms with van der Waals surface area (Å²) in [5.41, 5.74) is 10.6. The Kier molecular flexibility index (Phi) is 3.06. The highest BCUT2D eigenvalue weighted by Crippen LogP contribution is 2.32. The summed E-state index contributed by atoms with van der Waals surface area (Å²) in [6.07, 6.45) is 0. The highest BCUT2D eigenvalue weighted by atomic mass is 32.2. The highest BCUT2D eigenvalue weighted by molar-refractivity contribution is 7.99. The molecule has 0 aliphatic rings. The van der Waals surface area contributed by atoms with Gasteiger partial charge in [0, 0.05) is 16.3 Å². The molecule has 0 bridgehead atoms. The summed E-state index contributed by atoms with van der Waals surface area (Å²) in [5, 5.41) is 8.38. The number of aromatic nitrogens is 4. The lowest BCUT2D eigenvalue weighted by atomic mass is 10.2. The summed E-state index contributed by atoms with van der Waals surface area (Å²) >= 11 is 1.43. The standard InChI is InChI=1S/C13H13N5OS/c1-6-7(2)15-13(16-8(6)3)20-10-5-4-9(14)11-12(10)18-19-17-11/h4-5H,14H2,1-3H3. The normalized spacial score (nSPS) is 11.2. The fraction of sp³-hybridized carbons (Fsp3) is 0.231. The SMILES string of the molecule is Cc1nc(Sc2ccc(N)c3nonc23)nc(C)c1C. The van der Waals surface area contributed by atoms with Gasteiger partial charge in [0.25, 0.3) is 0 Å². The average molecular weight is 287 g/mol. The largest absolute Gasteiger partial charge is 0.397 e. The Morgan fingerprint density at radius 3 is 2.35 bits per heavy atom. The minimum absolute atomic E-state index is 0.544. The molecule has 3 aromatic rings. The first kappa shape index (κ1) is 12.9. The van der Waals surface area contributed by atoms with Gasteiger partial charge in [0.05, 0.1) is 5.69 Å². The number of aryl methyl sites for hydroxylation is 2. The van der Waals surface area contributed by atoms with Crippen LogP contribution >= 0.6 is 11.8 Å². The van der Waals surface area contributed by atoms with Crippen LogP contribution in [0.1, 0.15) is 17.0 Å². The molecule has 0 unspecified atom stereocenters. The van der Waals surface area contributed by atoms with Crippen molar-refractivity contribution in [3.63, 3.8) is 0 Å². The number of benzene rings is 1. The van der Waals surface area contributed by atoms with Crippen molar-refractivity contribution in [2.24, 2.45) is 0 Å². The molecule has 102 valence electrons. The minimum Gasteiger partial charge on any atom is -0.397 e. The molecule has 0 radical (unpaired) electrons. The van der Waals surface area contributed by atoms with Gasteiger partial charge < -0.3 is 5.73 Å². The molecule has 0 aliphatic carbocycles. The summed E-state index contributed by atoms with van der Waals surface area (Å²) in [4.78, 5) is 9.84. The van der Waals surface area contributed by atoms with Crippen LogP contribution < -0.4 is 5.73 Å². The predicted octanol–water partition coefficient (Wildman–Crippen LogP) is 2.67. The molecule has 0 spiro atoms. The van der Waals surface area contributed by atoms with Gasteiger partial charge in [-0.25, -0.2) is 14.6 Å². The van der Waals surface area contributed by atoms with Crippen LogP contribution in [-0.2, 0) is 0 Å². The molecule has 1 aromatic carbocycles. The van der Waals surface area contributed by atoms with Crippen molar-refractivity contribution < 1.29 is 4.63 Å². The molecule has 2 heterocycles. The fourth-order valence-electron chi connectivity index (χ4n) is 1.83. The Bertz CT molecular complexity index is 776. The van der Waals surface area contributed by atoms with E-state index in [0.717, 1.165) is 21.8 Å². The summed E-state index contributed by atoms with van der Waals surface area (Å²) in [6.45, 7) is 5.97. The molecular weight excluding hydrogens is 274 g/mol. The molecule has 2 aromatic heterocycles. The first-order valence-electron chi connectivity index (χ1n) is 6.06. The van der Waals surface area contributed by atoms with Gasteiger partial charge in [-0.05, 0) is 60.5 Å². The second-order valence-corrected chi connectivity index (χ2v) is 5.53. The van der Waals surface area contributed by atoms with Crippen LogP contribution in [0.2, 0.25) is 0 Å². The Morgan fingerprint density at radius 2 is 1.65 bits per heavy atom. The molecule has 0 amide bonds. The van der Waals surface area contributed by atoms with Crippen molar-refractivity contribution in [3.8, 4) is 0 Å². The number of rotatable bonds is 2. The van der Waals surface area contributed by atoms with Gasteiger partial charge in [0.15, 0.2) is 16.2 Å². The number of nitrogens with zero attached hydrogens (tertiary/aromatic N) is 4. The predicted molar refractivity (Wildman–Crippen MR) is 76.6 cm³/mol. The van der Waals surface area contributed by atoms with E-state index in [4.69, 9.17) is 10.4 Å². The maximum Gasteiger partial charge on any atom is 0.192 e. The van der Waals surface area contributed by atoms with Crippen LogP contribution in [0.25, 0.3) is 11.0 Å². The van der Waals surface area contributed by atoms with E-state index in [-0.39, 0.29) is 0 Å². The highest BCUT2D eigenvalue weighted by Gasteiger charge is 2.13. The molecule has 7 heteroatoms. The molecule has 0 aliphatic heterocycles. The van der Waals surface area contributed by atoms with E-state index >= 15 is 0 Å². The van der Waals surface area contributed by atoms with Crippen molar-refractivity contribution in [2.75, 3.05) is 5.73 Å². The van der Waals surface area contributed by atoms with Crippen molar-refractivity contribution >= 4 is 28.5 Å². The second-order valence-electron chi connectivity index (χ2n) is 4.52. The van der Waals surface area contributed by atoms with E-state index in [1.54, 1.807) is 6.07 Å². The van der Waals surface area contributed by atoms with Crippen molar-refractivity contribution in [3.05, 3.63) is 29.1 Å². The summed E-state index contributed by atoms with van der Waals surface area (Å²) in [5.74, 6) is 0. The topological polar surface area (TPSA) is 90.7 Å². The maximum atomic E-state index is 5.83. The third-order valence-electron chi connectivity index (χ3n) is 3.22. The number of nitrogens with two attached hydrogens (primary N) is 1. The van der Waals surface area contributed by atoms with Crippen molar-refractivity contribution in [2.45, 2.75) is 30.8 Å². The Balaban J connectivity index is 2.06. The van der Waals surface area contributed by atoms with E-state index in [0.29, 0.717) is 21.9 Å². The van der Waals surface area contributed by atoms with Crippen LogP contribution in [-0.4, -0.2) is 20.3 Å². The van der Waals surface area contributed by atoms with Gasteiger partial charge >= 0.3 is 0 Å². The maximum absolute atomic E-state index is 5.83. The summed E-state index contributed by atoms with van der Waals surface area (Å²) in [7, 11) is 0. The Hall–Kier alpha value is -2.15. The van der Waals surface area contributed by atoms with Gasteiger partial charge in [0.2, 0.25) is 0 Å². The zero-order valence-electron chi connectivity index (χ0n) is 11.3. The third kappa shape index (κ3) is 2.09. The average Bonchev–Trinajstić information content (AvgIpc) is 2.89. The molecular formula is C13H13N5OS. The zero-order valence-corrected chi connectivity index (χ0v) is 12.2. The van der Waals surface area contributed by atoms with Crippen LogP contribution in [0, 0.1) is 20.8 Å². The number of hydrogen-bond acceptors (Lipinski definition) is 7. The zero-order chi connectivity index (χ0) is 14.3. The third-order valence-corrected chi connectivity index (χ3v) is 4.14. The lowest BCUT2D eigenvalue weighted by molar-refractivity contribution is 0.315. The monoisotopic (exact) mass is 287 g/mol. The van der Waals surface area contributed by atoms with Crippen molar-refractivity contribution in [1.82, 2.24) is 20.3 Å². The van der Waals surface area contributed by atoms with Gasteiger partial charge in [-0.3, -0.25) is 0 Å². The lowest BCUT2D eigenvalue weighted by Gasteiger charge is -2.07. The van der Waals surface area contributed by atoms with E-state index in [1.807, 2.05) is 26.8 Å². The van der Waals surface area contributed by atoms with Gasteiger partial charge in [0.1, 0.15) is 0 Å². The van der Waals surface area contributed by atoms with E-state index in [2.05, 4.69) is 20.3 Å². The molecule has 0 saturated heterocycles. The molecule has 2 N–H and O–H groups in total. The van der Waals surface area contributed by atoms with E-state index in [1.165, 1.54) is 11.8 Å². The van der Waals surface area contributed by atoms with Gasteiger partial charge in [-0.2, -0.15) is 0 Å². The smallest absolute Gasteiger partial charge is 0.192 e. The Labute approximate surface area is 119 Å². The van der Waals surface area contributed by atoms with Crippen LogP contribution in [0.5, 0.6) is 0 Å². The Morgan fingerprint density at radius 1 is 1.00 bits per heavy atom. The number of fused-ring (bicyclic) bond motifs is 1. The first-order valence-corrected chi connectivity index (χ1v) is 6.88. The van der Waals surface area contributed by atoms with Crippen LogP contribution in [0.4, 0.5) is 5.69 Å². The first-order chi connectivity index (χ1) is 9.56. The quantitative estimate of drug-likeness (QED) is 0.572. The number of nitrogen functional groups attached to an aromatic ring is 1. The van der Waals surface area contributed by atoms with Gasteiger partial charge in [-0.15, -0.1) is 0 Å². The number of anilines is 1. The second kappa shape index (κ2) is 4.75. The molecule has 3 rings (SSSR count). The molecule has 0 fully saturated rings. The summed E-state index contributed by atoms with van der Waals surface area (Å²) < 4.78 is 4.76. The minimum atomic E-state index is 0.544. The van der Waals surface area contributed by atoms with Crippen LogP contribution in [0.15, 0.2) is 26.8 Å². The molecule has 6 nitrogen and oxygen atoms in total. The fourth-order valence-corrected chi connectivity index (χ4v) is 2.76. The number of hydrogen-bond donors (Lipinski definition) is 1. The van der Waals surface area contributed by atoms with Crippen LogP contribution in [0.3, 0.4) is 0 Å². The molecule has 0 saturated carbocycles. The van der Waals surface area contributed by atoms with Gasteiger partial charge in [-0.1, -0.05) is 0 Å². The van der Waals surface area contributed by atoms with Crippen molar-refractivity contribution in [1.29, 1.82) is 0 Å². The molecule has 0 atom stereocenters. The van der Waals surface area contributed by atoms with E-state index < -0.39 is 0 Å². The lowest BCUT2D eigenvalue weighted by Crippen LogP contribution is -1.98. The summed E-state index contributed by atoms with van der Waals surface area (Å²) in [6, 6.07) is 3.66. The molecule has 20 heavy (non-hydrogen) atoms. The van der Waals surface area contributed by atoms with E-state index in [9.17, 15) is 0 Å².